The molecule has 1 heterocycles. The topological polar surface area (TPSA) is 67.9 Å². The highest BCUT2D eigenvalue weighted by Gasteiger charge is 2.50. The summed E-state index contributed by atoms with van der Waals surface area (Å²) in [6.07, 6.45) is 2.42. The molecule has 2 aromatic rings. The van der Waals surface area contributed by atoms with Gasteiger partial charge >= 0.3 is 0 Å². The number of hydrogen-bond acceptors (Lipinski definition) is 4. The van der Waals surface area contributed by atoms with E-state index >= 15 is 0 Å². The van der Waals surface area contributed by atoms with Gasteiger partial charge < -0.3 is 19.7 Å². The Kier molecular flexibility index (Phi) is 6.98. The van der Waals surface area contributed by atoms with E-state index in [1.54, 1.807) is 7.11 Å². The first kappa shape index (κ1) is 22.2. The average Bonchev–Trinajstić information content (AvgIpc) is 3.28. The molecule has 6 nitrogen and oxygen atoms in total. The number of carbonyl (C=O) groups is 2. The number of fused-ring (bicyclic) bond motifs is 1. The van der Waals surface area contributed by atoms with Gasteiger partial charge in [0.2, 0.25) is 5.91 Å². The van der Waals surface area contributed by atoms with Gasteiger partial charge in [-0.25, -0.2) is 0 Å². The molecule has 0 spiro atoms. The second kappa shape index (κ2) is 10.1. The lowest BCUT2D eigenvalue weighted by molar-refractivity contribution is -0.129. The van der Waals surface area contributed by atoms with Crippen molar-refractivity contribution in [3.63, 3.8) is 0 Å². The van der Waals surface area contributed by atoms with Crippen LogP contribution in [0.5, 0.6) is 11.5 Å². The molecule has 2 aromatic carbocycles. The zero-order valence-corrected chi connectivity index (χ0v) is 18.8. The largest absolute Gasteiger partial charge is 0.497 e. The number of carbonyl (C=O) groups excluding carboxylic acids is 2. The molecular formula is C26H32N2O4. The summed E-state index contributed by atoms with van der Waals surface area (Å²) in [6, 6.07) is 17.7. The Bertz CT molecular complexity index is 915. The molecule has 4 atom stereocenters. The number of amides is 2. The van der Waals surface area contributed by atoms with Crippen LogP contribution < -0.4 is 14.8 Å². The van der Waals surface area contributed by atoms with Gasteiger partial charge in [0.1, 0.15) is 11.5 Å². The number of ether oxygens (including phenoxy) is 2. The Morgan fingerprint density at radius 3 is 2.56 bits per heavy atom. The summed E-state index contributed by atoms with van der Waals surface area (Å²) >= 11 is 0. The first-order chi connectivity index (χ1) is 15.5. The molecule has 0 radical (unpaired) electrons. The summed E-state index contributed by atoms with van der Waals surface area (Å²) in [6.45, 7) is 3.58. The number of nitrogens with one attached hydrogen (secondary N) is 1. The zero-order chi connectivity index (χ0) is 22.5. The Hall–Kier alpha value is -3.02. The van der Waals surface area contributed by atoms with Crippen LogP contribution in [0.4, 0.5) is 0 Å². The third-order valence-electron chi connectivity index (χ3n) is 6.97. The molecule has 2 amide bonds. The quantitative estimate of drug-likeness (QED) is 0.655. The lowest BCUT2D eigenvalue weighted by Crippen LogP contribution is -2.37. The lowest BCUT2D eigenvalue weighted by Gasteiger charge is -2.24. The molecule has 1 N–H and O–H groups in total. The standard InChI is InChI=1S/C26H32N2O4/c1-18-14-24-22(23(18)16-27-25(29)17-32-21-6-4-3-5-7-21)15-26(30)28(24)13-12-19-8-10-20(31-2)11-9-19/h3-11,18,22-24H,12-17H2,1-2H3,(H,27,29)/t18-,22-,23+,24+/m0/s1. The molecule has 2 fully saturated rings. The maximum absolute atomic E-state index is 12.8. The second-order valence-electron chi connectivity index (χ2n) is 8.90. The Balaban J connectivity index is 1.27. The van der Waals surface area contributed by atoms with Crippen molar-refractivity contribution in [3.8, 4) is 11.5 Å². The lowest BCUT2D eigenvalue weighted by atomic mass is 9.88. The number of likely N-dealkylation sites (tertiary alicyclic amines) is 1. The molecular weight excluding hydrogens is 404 g/mol. The molecule has 0 aromatic heterocycles. The fourth-order valence-electron chi connectivity index (χ4n) is 5.22. The van der Waals surface area contributed by atoms with Crippen molar-refractivity contribution in [3.05, 3.63) is 60.2 Å². The van der Waals surface area contributed by atoms with Crippen molar-refractivity contribution in [2.75, 3.05) is 26.8 Å². The van der Waals surface area contributed by atoms with Gasteiger partial charge in [-0.3, -0.25) is 9.59 Å². The highest BCUT2D eigenvalue weighted by Crippen LogP contribution is 2.45. The highest BCUT2D eigenvalue weighted by molar-refractivity contribution is 5.80. The zero-order valence-electron chi connectivity index (χ0n) is 18.8. The maximum atomic E-state index is 12.8. The third kappa shape index (κ3) is 5.06. The molecule has 6 heteroatoms. The molecule has 2 aliphatic rings. The smallest absolute Gasteiger partial charge is 0.257 e. The van der Waals surface area contributed by atoms with Crippen LogP contribution in [0.3, 0.4) is 0 Å². The Morgan fingerprint density at radius 1 is 1.09 bits per heavy atom. The third-order valence-corrected chi connectivity index (χ3v) is 6.97. The van der Waals surface area contributed by atoms with Crippen molar-refractivity contribution in [2.24, 2.45) is 17.8 Å². The molecule has 4 rings (SSSR count). The van der Waals surface area contributed by atoms with Gasteiger partial charge in [0.15, 0.2) is 6.61 Å². The highest BCUT2D eigenvalue weighted by atomic mass is 16.5. The van der Waals surface area contributed by atoms with E-state index in [2.05, 4.69) is 29.3 Å². The van der Waals surface area contributed by atoms with Crippen LogP contribution in [0.2, 0.25) is 0 Å². The number of rotatable bonds is 9. The van der Waals surface area contributed by atoms with E-state index in [-0.39, 0.29) is 24.5 Å². The second-order valence-corrected chi connectivity index (χ2v) is 8.90. The van der Waals surface area contributed by atoms with E-state index in [0.717, 1.165) is 25.1 Å². The average molecular weight is 437 g/mol. The fourth-order valence-corrected chi connectivity index (χ4v) is 5.22. The van der Waals surface area contributed by atoms with Crippen LogP contribution >= 0.6 is 0 Å². The summed E-state index contributed by atoms with van der Waals surface area (Å²) in [7, 11) is 1.66. The molecule has 1 aliphatic heterocycles. The summed E-state index contributed by atoms with van der Waals surface area (Å²) < 4.78 is 10.8. The minimum atomic E-state index is -0.120. The van der Waals surface area contributed by atoms with Gasteiger partial charge in [-0.05, 0) is 60.4 Å². The van der Waals surface area contributed by atoms with Gasteiger partial charge in [0.25, 0.3) is 5.91 Å². The molecule has 0 bridgehead atoms. The molecule has 1 aliphatic carbocycles. The fraction of sp³-hybridized carbons (Fsp3) is 0.462. The SMILES string of the molecule is COc1ccc(CCN2C(=O)C[C@H]3[C@H](CNC(=O)COc4ccccc4)[C@@H](C)C[C@H]32)cc1. The summed E-state index contributed by atoms with van der Waals surface area (Å²) in [4.78, 5) is 27.1. The normalized spacial score (nSPS) is 24.3. The van der Waals surface area contributed by atoms with Crippen LogP contribution in [0, 0.1) is 17.8 Å². The van der Waals surface area contributed by atoms with Crippen LogP contribution in [0.1, 0.15) is 25.3 Å². The molecule has 0 unspecified atom stereocenters. The van der Waals surface area contributed by atoms with E-state index in [1.165, 1.54) is 5.56 Å². The van der Waals surface area contributed by atoms with Gasteiger partial charge in [0, 0.05) is 25.6 Å². The monoisotopic (exact) mass is 436 g/mol. The molecule has 1 saturated heterocycles. The Morgan fingerprint density at radius 2 is 1.84 bits per heavy atom. The van der Waals surface area contributed by atoms with E-state index in [4.69, 9.17) is 9.47 Å². The Labute approximate surface area is 189 Å². The van der Waals surface area contributed by atoms with E-state index in [1.807, 2.05) is 42.5 Å². The van der Waals surface area contributed by atoms with Gasteiger partial charge in [0.05, 0.1) is 7.11 Å². The predicted octanol–water partition coefficient (Wildman–Crippen LogP) is 3.31. The van der Waals surface area contributed by atoms with Crippen LogP contribution in [-0.4, -0.2) is 49.6 Å². The van der Waals surface area contributed by atoms with Crippen LogP contribution in [-0.2, 0) is 16.0 Å². The van der Waals surface area contributed by atoms with Crippen LogP contribution in [0.15, 0.2) is 54.6 Å². The van der Waals surface area contributed by atoms with Crippen molar-refractivity contribution in [1.82, 2.24) is 10.2 Å². The van der Waals surface area contributed by atoms with E-state index in [0.29, 0.717) is 36.5 Å². The van der Waals surface area contributed by atoms with Crippen molar-refractivity contribution < 1.29 is 19.1 Å². The van der Waals surface area contributed by atoms with Crippen molar-refractivity contribution in [1.29, 1.82) is 0 Å². The van der Waals surface area contributed by atoms with Gasteiger partial charge in [-0.1, -0.05) is 37.3 Å². The first-order valence-corrected chi connectivity index (χ1v) is 11.4. The summed E-state index contributed by atoms with van der Waals surface area (Å²) in [5.41, 5.74) is 1.20. The van der Waals surface area contributed by atoms with Crippen LogP contribution in [0.25, 0.3) is 0 Å². The maximum Gasteiger partial charge on any atom is 0.257 e. The number of benzene rings is 2. The number of hydrogen-bond donors (Lipinski definition) is 1. The minimum Gasteiger partial charge on any atom is -0.497 e. The number of nitrogens with zero attached hydrogens (tertiary/aromatic N) is 1. The van der Waals surface area contributed by atoms with Crippen molar-refractivity contribution in [2.45, 2.75) is 32.2 Å². The summed E-state index contributed by atoms with van der Waals surface area (Å²) in [5.74, 6) is 2.74. The van der Waals surface area contributed by atoms with E-state index < -0.39 is 0 Å². The van der Waals surface area contributed by atoms with Crippen molar-refractivity contribution >= 4 is 11.8 Å². The minimum absolute atomic E-state index is 0.00608. The molecule has 32 heavy (non-hydrogen) atoms. The van der Waals surface area contributed by atoms with E-state index in [9.17, 15) is 9.59 Å². The molecule has 1 saturated carbocycles. The van der Waals surface area contributed by atoms with Gasteiger partial charge in [-0.2, -0.15) is 0 Å². The summed E-state index contributed by atoms with van der Waals surface area (Å²) in [5, 5.41) is 3.03. The van der Waals surface area contributed by atoms with Gasteiger partial charge in [-0.15, -0.1) is 0 Å². The predicted molar refractivity (Wildman–Crippen MR) is 123 cm³/mol. The first-order valence-electron chi connectivity index (χ1n) is 11.4. The number of methoxy groups -OCH3 is 1. The number of para-hydroxylation sites is 1. The molecule has 170 valence electrons.